The summed E-state index contributed by atoms with van der Waals surface area (Å²) in [6.45, 7) is 14.9. The molecule has 0 bridgehead atoms. The highest BCUT2D eigenvalue weighted by atomic mass is 16.6. The summed E-state index contributed by atoms with van der Waals surface area (Å²) in [4.78, 5) is 53.8. The molecule has 4 aliphatic carbocycles. The molecule has 1 heterocycles. The van der Waals surface area contributed by atoms with E-state index in [-0.39, 0.29) is 37.5 Å². The van der Waals surface area contributed by atoms with E-state index in [0.717, 1.165) is 50.8 Å². The van der Waals surface area contributed by atoms with Gasteiger partial charge in [-0.2, -0.15) is 0 Å². The molecule has 1 amide bonds. The Labute approximate surface area is 408 Å². The van der Waals surface area contributed by atoms with E-state index in [1.54, 1.807) is 30.6 Å². The maximum atomic E-state index is 13.4. The molecule has 0 aliphatic heterocycles. The van der Waals surface area contributed by atoms with Gasteiger partial charge in [-0.1, -0.05) is 128 Å². The third kappa shape index (κ3) is 11.2. The minimum Gasteiger partial charge on any atom is -0.465 e. The molecule has 13 nitrogen and oxygen atoms in total. The van der Waals surface area contributed by atoms with Crippen molar-refractivity contribution in [1.82, 2.24) is 15.8 Å². The highest BCUT2D eigenvalue weighted by molar-refractivity contribution is 6.05. The van der Waals surface area contributed by atoms with Gasteiger partial charge in [0, 0.05) is 65.2 Å². The number of ketones is 1. The van der Waals surface area contributed by atoms with E-state index >= 15 is 0 Å². The van der Waals surface area contributed by atoms with Crippen molar-refractivity contribution < 1.29 is 49.2 Å². The number of hydroxylamine groups is 1. The molecule has 3 aromatic rings. The van der Waals surface area contributed by atoms with Crippen LogP contribution in [0.1, 0.15) is 135 Å². The Balaban J connectivity index is 0.000000256. The second-order valence-electron chi connectivity index (χ2n) is 20.6. The molecule has 2 saturated carbocycles. The molecule has 4 aliphatic rings. The van der Waals surface area contributed by atoms with Crippen molar-refractivity contribution in [1.29, 1.82) is 0 Å². The largest absolute Gasteiger partial charge is 0.465 e. The molecule has 2 fully saturated rings. The number of hydrogen-bond donors (Lipinski definition) is 7. The van der Waals surface area contributed by atoms with Gasteiger partial charge in [-0.25, -0.2) is 5.48 Å². The van der Waals surface area contributed by atoms with Gasteiger partial charge in [-0.05, 0) is 92.0 Å². The minimum absolute atomic E-state index is 0.0237. The van der Waals surface area contributed by atoms with Crippen molar-refractivity contribution in [2.24, 2.45) is 35.0 Å². The molecule has 9 atom stereocenters. The summed E-state index contributed by atoms with van der Waals surface area (Å²) in [5.74, 6) is -4.31. The number of aliphatic hydroxyl groups is 3. The number of aromatic amines is 1. The van der Waals surface area contributed by atoms with Crippen molar-refractivity contribution in [3.8, 4) is 0 Å². The number of para-hydroxylation sites is 1. The summed E-state index contributed by atoms with van der Waals surface area (Å²) in [6.07, 6.45) is 16.1. The van der Waals surface area contributed by atoms with Gasteiger partial charge >= 0.3 is 11.9 Å². The van der Waals surface area contributed by atoms with Gasteiger partial charge in [0.15, 0.2) is 5.78 Å². The van der Waals surface area contributed by atoms with Crippen molar-refractivity contribution >= 4 is 40.6 Å². The van der Waals surface area contributed by atoms with E-state index < -0.39 is 57.6 Å². The Morgan fingerprint density at radius 2 is 1.67 bits per heavy atom. The number of nitrogens with one attached hydrogen (secondary N) is 3. The zero-order chi connectivity index (χ0) is 50.1. The van der Waals surface area contributed by atoms with E-state index in [9.17, 15) is 34.5 Å². The maximum Gasteiger partial charge on any atom is 0.308 e. The Bertz CT molecular complexity index is 2390. The SMILES string of the molecule is CCCCCCCCCC(=O)O[C@@]12C[C@@H](C)[C@@]3(O)[C@@H](C=C(CO)C[C@]4(O)C(=O)C(C)=C[C@@H]34)[C@@H]1[C@@]2(C)COC(=O)C(C)CC.Cc1[nH]c2ccccc2c1CCNCc1ccc(/C=C/C(=O)NO)cc1. The Hall–Kier alpha value is -4.92. The first-order valence-corrected chi connectivity index (χ1v) is 25.3. The zero-order valence-corrected chi connectivity index (χ0v) is 41.9. The summed E-state index contributed by atoms with van der Waals surface area (Å²) in [7, 11) is 0. The first-order chi connectivity index (χ1) is 32.9. The quantitative estimate of drug-likeness (QED) is 0.0134. The summed E-state index contributed by atoms with van der Waals surface area (Å²) < 4.78 is 12.2. The fourth-order valence-corrected chi connectivity index (χ4v) is 11.7. The van der Waals surface area contributed by atoms with E-state index in [1.165, 1.54) is 53.1 Å². The standard InChI is InChI=1S/C35H54O8.C21H23N3O2/c1-7-9-10-11-12-13-14-15-28(37)43-34-18-24(5)35(41)26(29(34)32(34,6)21-42-31(39)22(3)8-2)17-25(20-36)19-33(40)27(35)16-23(4)30(33)38;1-15-18(19-4-2-3-5-20(19)23-15)12-13-22-14-17-8-6-16(7-9-17)10-11-21(25)24-26/h16-17,22,24,26-27,29,36,40-41H,7-15,18-21H2,1-6H3;2-11,22-23,26H,12-14H2,1H3,(H,24,25)/b;11-10+/t22?,24-,26+,27-,29-,32-,33-,34+,35-;/m1./s1. The number of fused-ring (bicyclic) bond motifs is 6. The number of amides is 1. The van der Waals surface area contributed by atoms with Crippen molar-refractivity contribution in [3.05, 3.63) is 100 Å². The van der Waals surface area contributed by atoms with Gasteiger partial charge in [0.05, 0.1) is 18.1 Å². The lowest BCUT2D eigenvalue weighted by Gasteiger charge is -2.50. The smallest absolute Gasteiger partial charge is 0.308 e. The lowest BCUT2D eigenvalue weighted by molar-refractivity contribution is -0.187. The summed E-state index contributed by atoms with van der Waals surface area (Å²) >= 11 is 0. The third-order valence-corrected chi connectivity index (χ3v) is 15.9. The monoisotopic (exact) mass is 952 g/mol. The number of aromatic nitrogens is 1. The van der Waals surface area contributed by atoms with Crippen LogP contribution in [0.3, 0.4) is 0 Å². The zero-order valence-electron chi connectivity index (χ0n) is 41.9. The number of unbranched alkanes of at least 4 members (excludes halogenated alkanes) is 6. The number of H-pyrrole nitrogens is 1. The number of esters is 2. The van der Waals surface area contributed by atoms with Gasteiger partial charge < -0.3 is 35.1 Å². The normalized spacial score (nSPS) is 28.3. The molecular formula is C56H77N3O10. The number of carbonyl (C=O) groups excluding carboxylic acids is 4. The van der Waals surface area contributed by atoms with Crippen LogP contribution in [0.2, 0.25) is 0 Å². The van der Waals surface area contributed by atoms with Gasteiger partial charge in [0.1, 0.15) is 17.8 Å². The Kier molecular flexibility index (Phi) is 17.7. The van der Waals surface area contributed by atoms with Crippen LogP contribution in [-0.2, 0) is 41.6 Å². The second kappa shape index (κ2) is 22.9. The van der Waals surface area contributed by atoms with Gasteiger partial charge in [-0.15, -0.1) is 0 Å². The average Bonchev–Trinajstić information content (AvgIpc) is 3.56. The predicted octanol–water partition coefficient (Wildman–Crippen LogP) is 8.55. The van der Waals surface area contributed by atoms with Crippen LogP contribution in [0.5, 0.6) is 0 Å². The lowest BCUT2D eigenvalue weighted by atomic mass is 9.60. The molecule has 7 N–H and O–H groups in total. The van der Waals surface area contributed by atoms with Crippen LogP contribution >= 0.6 is 0 Å². The van der Waals surface area contributed by atoms with E-state index in [0.29, 0.717) is 30.4 Å². The first-order valence-electron chi connectivity index (χ1n) is 25.3. The molecule has 13 heteroatoms. The number of aryl methyl sites for hydroxylation is 1. The molecule has 2 aromatic carbocycles. The van der Waals surface area contributed by atoms with Gasteiger partial charge in [0.25, 0.3) is 5.91 Å². The molecule has 69 heavy (non-hydrogen) atoms. The van der Waals surface area contributed by atoms with Crippen LogP contribution in [0, 0.1) is 41.9 Å². The maximum absolute atomic E-state index is 13.4. The number of benzene rings is 2. The predicted molar refractivity (Wildman–Crippen MR) is 267 cm³/mol. The van der Waals surface area contributed by atoms with Gasteiger partial charge in [0.2, 0.25) is 0 Å². The highest BCUT2D eigenvalue weighted by Gasteiger charge is 2.85. The van der Waals surface area contributed by atoms with Gasteiger partial charge in [-0.3, -0.25) is 24.4 Å². The van der Waals surface area contributed by atoms with Crippen LogP contribution in [0.4, 0.5) is 0 Å². The lowest BCUT2D eigenvalue weighted by Crippen LogP contribution is -2.61. The molecule has 0 radical (unpaired) electrons. The highest BCUT2D eigenvalue weighted by Crippen LogP contribution is 2.77. The number of carbonyl (C=O) groups is 4. The van der Waals surface area contributed by atoms with E-state index in [1.807, 2.05) is 52.0 Å². The first kappa shape index (κ1) is 53.4. The van der Waals surface area contributed by atoms with Crippen molar-refractivity contribution in [2.45, 2.75) is 149 Å². The molecule has 1 unspecified atom stereocenters. The molecule has 376 valence electrons. The Morgan fingerprint density at radius 3 is 2.35 bits per heavy atom. The topological polar surface area (TPSA) is 208 Å². The molecule has 7 rings (SSSR count). The number of aliphatic hydroxyl groups excluding tert-OH is 1. The fraction of sp³-hybridized carbons (Fsp3) is 0.571. The number of hydrogen-bond acceptors (Lipinski definition) is 11. The average molecular weight is 952 g/mol. The van der Waals surface area contributed by atoms with E-state index in [4.69, 9.17) is 14.7 Å². The molecule has 0 spiro atoms. The number of ether oxygens (including phenoxy) is 2. The summed E-state index contributed by atoms with van der Waals surface area (Å²) in [6, 6.07) is 16.4. The molecule has 1 aromatic heterocycles. The molecule has 0 saturated heterocycles. The van der Waals surface area contributed by atoms with Crippen LogP contribution in [-0.4, -0.2) is 85.7 Å². The van der Waals surface area contributed by atoms with Crippen molar-refractivity contribution in [2.75, 3.05) is 19.8 Å². The van der Waals surface area contributed by atoms with Crippen LogP contribution in [0.25, 0.3) is 17.0 Å². The number of rotatable bonds is 21. The summed E-state index contributed by atoms with van der Waals surface area (Å²) in [5.41, 5.74) is 3.13. The fourth-order valence-electron chi connectivity index (χ4n) is 11.7. The van der Waals surface area contributed by atoms with Crippen LogP contribution < -0.4 is 10.8 Å². The Morgan fingerprint density at radius 1 is 0.971 bits per heavy atom. The second-order valence-corrected chi connectivity index (χ2v) is 20.6. The third-order valence-electron chi connectivity index (χ3n) is 15.9. The van der Waals surface area contributed by atoms with E-state index in [2.05, 4.69) is 48.4 Å². The van der Waals surface area contributed by atoms with Crippen LogP contribution in [0.15, 0.2) is 77.9 Å². The van der Waals surface area contributed by atoms with Crippen molar-refractivity contribution in [3.63, 3.8) is 0 Å². The minimum atomic E-state index is -1.86. The summed E-state index contributed by atoms with van der Waals surface area (Å²) in [5, 5.41) is 47.9. The molecular weight excluding hydrogens is 875 g/mol. The number of Topliss-reactive ketones (excluding diaryl/α,β-unsaturated/α-hetero) is 1.